The first-order valence-electron chi connectivity index (χ1n) is 9.07. The van der Waals surface area contributed by atoms with E-state index < -0.39 is 0 Å². The quantitative estimate of drug-likeness (QED) is 0.613. The van der Waals surface area contributed by atoms with E-state index in [4.69, 9.17) is 9.47 Å². The Balaban J connectivity index is 1.80. The minimum Gasteiger partial charge on any atom is -0.497 e. The van der Waals surface area contributed by atoms with Gasteiger partial charge in [0.15, 0.2) is 0 Å². The third-order valence-corrected chi connectivity index (χ3v) is 5.38. The van der Waals surface area contributed by atoms with Gasteiger partial charge in [-0.2, -0.15) is 0 Å². The van der Waals surface area contributed by atoms with E-state index in [1.807, 2.05) is 48.5 Å². The minimum atomic E-state index is -0.188. The van der Waals surface area contributed by atoms with Crippen molar-refractivity contribution in [3.05, 3.63) is 65.2 Å². The summed E-state index contributed by atoms with van der Waals surface area (Å²) in [5, 5.41) is 5.65. The van der Waals surface area contributed by atoms with Crippen molar-refractivity contribution in [3.63, 3.8) is 0 Å². The van der Waals surface area contributed by atoms with Crippen LogP contribution in [-0.2, 0) is 0 Å². The summed E-state index contributed by atoms with van der Waals surface area (Å²) in [5.74, 6) is 1.57. The molecule has 3 aromatic rings. The van der Waals surface area contributed by atoms with Crippen molar-refractivity contribution in [3.8, 4) is 22.1 Å². The maximum Gasteiger partial charge on any atom is 0.271 e. The maximum atomic E-state index is 12.8. The molecule has 0 aliphatic heterocycles. The number of amides is 1. The highest BCUT2D eigenvalue weighted by Crippen LogP contribution is 2.32. The molecule has 1 amide bonds. The van der Waals surface area contributed by atoms with Crippen LogP contribution in [0.3, 0.4) is 0 Å². The molecule has 1 atom stereocenters. The highest BCUT2D eigenvalue weighted by atomic mass is 32.1. The number of ether oxygens (including phenoxy) is 2. The molecule has 0 fully saturated rings. The van der Waals surface area contributed by atoms with Crippen LogP contribution < -0.4 is 14.8 Å². The number of thiazole rings is 1. The molecule has 28 heavy (non-hydrogen) atoms. The van der Waals surface area contributed by atoms with E-state index in [-0.39, 0.29) is 17.9 Å². The molecule has 0 spiro atoms. The fourth-order valence-electron chi connectivity index (χ4n) is 2.98. The molecule has 3 rings (SSSR count). The molecule has 0 radical (unpaired) electrons. The van der Waals surface area contributed by atoms with Crippen LogP contribution in [0.25, 0.3) is 10.6 Å². The lowest BCUT2D eigenvalue weighted by atomic mass is 9.96. The lowest BCUT2D eigenvalue weighted by Gasteiger charge is -2.22. The second-order valence-electron chi connectivity index (χ2n) is 6.71. The van der Waals surface area contributed by atoms with Gasteiger partial charge in [0.25, 0.3) is 5.91 Å². The Bertz CT molecular complexity index is 935. The Labute approximate surface area is 169 Å². The van der Waals surface area contributed by atoms with Crippen molar-refractivity contribution in [2.24, 2.45) is 5.92 Å². The average molecular weight is 397 g/mol. The van der Waals surface area contributed by atoms with Crippen LogP contribution in [0.4, 0.5) is 0 Å². The van der Waals surface area contributed by atoms with Gasteiger partial charge in [-0.25, -0.2) is 4.98 Å². The van der Waals surface area contributed by atoms with Gasteiger partial charge in [0.05, 0.1) is 25.8 Å². The molecule has 0 aliphatic rings. The smallest absolute Gasteiger partial charge is 0.271 e. The van der Waals surface area contributed by atoms with Gasteiger partial charge in [-0.1, -0.05) is 38.1 Å². The van der Waals surface area contributed by atoms with Crippen LogP contribution in [0.2, 0.25) is 0 Å². The first-order valence-corrected chi connectivity index (χ1v) is 9.95. The highest BCUT2D eigenvalue weighted by Gasteiger charge is 2.21. The number of para-hydroxylation sites is 1. The molecule has 6 heteroatoms. The Morgan fingerprint density at radius 3 is 2.39 bits per heavy atom. The molecule has 1 heterocycles. The van der Waals surface area contributed by atoms with Crippen molar-refractivity contribution in [1.82, 2.24) is 10.3 Å². The van der Waals surface area contributed by atoms with Crippen LogP contribution in [-0.4, -0.2) is 25.1 Å². The summed E-state index contributed by atoms with van der Waals surface area (Å²) >= 11 is 1.43. The zero-order valence-electron chi connectivity index (χ0n) is 16.4. The second kappa shape index (κ2) is 8.89. The number of hydrogen-bond acceptors (Lipinski definition) is 5. The van der Waals surface area contributed by atoms with Crippen LogP contribution >= 0.6 is 11.3 Å². The lowest BCUT2D eigenvalue weighted by molar-refractivity contribution is 0.0921. The van der Waals surface area contributed by atoms with Gasteiger partial charge in [-0.15, -0.1) is 11.3 Å². The summed E-state index contributed by atoms with van der Waals surface area (Å²) in [7, 11) is 3.26. The molecular weight excluding hydrogens is 372 g/mol. The van der Waals surface area contributed by atoms with E-state index in [9.17, 15) is 4.79 Å². The zero-order valence-corrected chi connectivity index (χ0v) is 17.2. The van der Waals surface area contributed by atoms with Crippen LogP contribution in [0.1, 0.15) is 35.9 Å². The largest absolute Gasteiger partial charge is 0.497 e. The summed E-state index contributed by atoms with van der Waals surface area (Å²) in [6.45, 7) is 4.16. The normalized spacial score (nSPS) is 11.9. The summed E-state index contributed by atoms with van der Waals surface area (Å²) < 4.78 is 10.6. The van der Waals surface area contributed by atoms with Gasteiger partial charge in [0.1, 0.15) is 22.2 Å². The molecule has 0 saturated carbocycles. The number of hydrogen-bond donors (Lipinski definition) is 1. The predicted molar refractivity (Wildman–Crippen MR) is 112 cm³/mol. The van der Waals surface area contributed by atoms with Crippen molar-refractivity contribution in [2.75, 3.05) is 14.2 Å². The molecule has 146 valence electrons. The average Bonchev–Trinajstić information content (AvgIpc) is 3.22. The van der Waals surface area contributed by atoms with Crippen LogP contribution in [0.15, 0.2) is 53.9 Å². The summed E-state index contributed by atoms with van der Waals surface area (Å²) in [6, 6.07) is 15.3. The van der Waals surface area contributed by atoms with E-state index in [1.165, 1.54) is 11.3 Å². The third-order valence-electron chi connectivity index (χ3n) is 4.50. The third kappa shape index (κ3) is 4.34. The molecule has 0 bridgehead atoms. The van der Waals surface area contributed by atoms with Gasteiger partial charge in [-0.3, -0.25) is 4.79 Å². The molecule has 1 aromatic heterocycles. The van der Waals surface area contributed by atoms with E-state index in [0.29, 0.717) is 5.69 Å². The summed E-state index contributed by atoms with van der Waals surface area (Å²) in [4.78, 5) is 17.4. The molecule has 2 aromatic carbocycles. The molecule has 0 aliphatic carbocycles. The first kappa shape index (κ1) is 19.9. The zero-order chi connectivity index (χ0) is 20.1. The van der Waals surface area contributed by atoms with Crippen molar-refractivity contribution >= 4 is 17.2 Å². The fourth-order valence-corrected chi connectivity index (χ4v) is 3.81. The lowest BCUT2D eigenvalue weighted by Crippen LogP contribution is -2.31. The van der Waals surface area contributed by atoms with Crippen LogP contribution in [0.5, 0.6) is 11.5 Å². The van der Waals surface area contributed by atoms with Gasteiger partial charge < -0.3 is 14.8 Å². The topological polar surface area (TPSA) is 60.5 Å². The molecular formula is C22H24N2O3S. The van der Waals surface area contributed by atoms with Gasteiger partial charge in [0, 0.05) is 5.38 Å². The van der Waals surface area contributed by atoms with Crippen molar-refractivity contribution < 1.29 is 14.3 Å². The number of nitrogens with zero attached hydrogens (tertiary/aromatic N) is 1. The number of benzene rings is 2. The number of methoxy groups -OCH3 is 2. The van der Waals surface area contributed by atoms with E-state index in [0.717, 1.165) is 27.6 Å². The van der Waals surface area contributed by atoms with Crippen molar-refractivity contribution in [1.29, 1.82) is 0 Å². The van der Waals surface area contributed by atoms with Crippen LogP contribution in [0, 0.1) is 5.92 Å². The number of aromatic nitrogens is 1. The summed E-state index contributed by atoms with van der Waals surface area (Å²) in [5.41, 5.74) is 2.32. The Hall–Kier alpha value is -2.86. The van der Waals surface area contributed by atoms with Gasteiger partial charge in [0.2, 0.25) is 0 Å². The van der Waals surface area contributed by atoms with Gasteiger partial charge in [-0.05, 0) is 35.7 Å². The first-order chi connectivity index (χ1) is 13.5. The number of carbonyl (C=O) groups excluding carboxylic acids is 1. The number of nitrogens with one attached hydrogen (secondary N) is 1. The number of rotatable bonds is 7. The molecule has 5 nitrogen and oxygen atoms in total. The van der Waals surface area contributed by atoms with E-state index in [2.05, 4.69) is 24.1 Å². The van der Waals surface area contributed by atoms with E-state index >= 15 is 0 Å². The van der Waals surface area contributed by atoms with E-state index in [1.54, 1.807) is 19.6 Å². The van der Waals surface area contributed by atoms with Gasteiger partial charge >= 0.3 is 0 Å². The summed E-state index contributed by atoms with van der Waals surface area (Å²) in [6.07, 6.45) is 0. The second-order valence-corrected chi connectivity index (χ2v) is 7.56. The Kier molecular flexibility index (Phi) is 6.31. The Morgan fingerprint density at radius 2 is 1.75 bits per heavy atom. The van der Waals surface area contributed by atoms with Crippen molar-refractivity contribution in [2.45, 2.75) is 19.9 Å². The number of carbonyl (C=O) groups is 1. The monoisotopic (exact) mass is 396 g/mol. The Morgan fingerprint density at radius 1 is 1.04 bits per heavy atom. The molecule has 1 N–H and O–H groups in total. The maximum absolute atomic E-state index is 12.8. The standard InChI is InChI=1S/C22H24N2O3S/c1-14(2)20(15-9-11-16(26-3)12-10-15)24-21(25)18-13-28-22(23-18)17-7-5-6-8-19(17)27-4/h5-14,20H,1-4H3,(H,24,25). The predicted octanol–water partition coefficient (Wildman–Crippen LogP) is 4.95. The minimum absolute atomic E-state index is 0.116. The highest BCUT2D eigenvalue weighted by molar-refractivity contribution is 7.13. The molecule has 0 saturated heterocycles. The fraction of sp³-hybridized carbons (Fsp3) is 0.273. The molecule has 1 unspecified atom stereocenters. The SMILES string of the molecule is COc1ccc(C(NC(=O)c2csc(-c3ccccc3OC)n2)C(C)C)cc1.